The first kappa shape index (κ1) is 20.3. The van der Waals surface area contributed by atoms with Crippen molar-refractivity contribution < 1.29 is 17.6 Å². The fraction of sp³-hybridized carbons (Fsp3) is 0.588. The smallest absolute Gasteiger partial charge is 0.224 e. The molecule has 1 aliphatic rings. The van der Waals surface area contributed by atoms with E-state index in [4.69, 9.17) is 0 Å². The van der Waals surface area contributed by atoms with Crippen molar-refractivity contribution in [2.75, 3.05) is 25.4 Å². The van der Waals surface area contributed by atoms with E-state index in [0.717, 1.165) is 5.56 Å². The van der Waals surface area contributed by atoms with Crippen LogP contribution in [0.5, 0.6) is 0 Å². The Hall–Kier alpha value is -0.990. The summed E-state index contributed by atoms with van der Waals surface area (Å²) < 4.78 is 39.4. The zero-order valence-corrected chi connectivity index (χ0v) is 16.7. The molecule has 25 heavy (non-hydrogen) atoms. The van der Waals surface area contributed by atoms with Gasteiger partial charge in [0.05, 0.1) is 16.1 Å². The fourth-order valence-corrected chi connectivity index (χ4v) is 4.98. The number of carbonyl (C=O) groups excluding carboxylic acids is 1. The van der Waals surface area contributed by atoms with Crippen LogP contribution in [0.4, 0.5) is 4.39 Å². The van der Waals surface area contributed by atoms with Gasteiger partial charge in [-0.25, -0.2) is 17.1 Å². The van der Waals surface area contributed by atoms with Crippen LogP contribution >= 0.6 is 15.9 Å². The molecule has 1 aromatic rings. The number of benzene rings is 1. The Labute approximate surface area is 157 Å². The third-order valence-electron chi connectivity index (χ3n) is 4.31. The number of amides is 1. The number of rotatable bonds is 7. The molecule has 0 aromatic heterocycles. The molecule has 0 aliphatic carbocycles. The number of halogens is 2. The number of hydrogen-bond donors (Lipinski definition) is 1. The standard InChI is InChI=1S/C17H24BrFN2O3S/c1-2-10-25(23,24)21-9-3-4-14(12-21)17(22)20-8-7-13-5-6-16(19)15(18)11-13/h5-6,11,14H,2-4,7-10,12H2,1H3,(H,20,22). The molecule has 0 bridgehead atoms. The molecule has 2 rings (SSSR count). The molecule has 0 saturated carbocycles. The predicted octanol–water partition coefficient (Wildman–Crippen LogP) is 2.70. The van der Waals surface area contributed by atoms with E-state index in [1.54, 1.807) is 12.1 Å². The summed E-state index contributed by atoms with van der Waals surface area (Å²) in [6, 6.07) is 4.77. The first-order chi connectivity index (χ1) is 11.8. The number of hydrogen-bond acceptors (Lipinski definition) is 3. The van der Waals surface area contributed by atoms with E-state index in [9.17, 15) is 17.6 Å². The molecule has 1 atom stereocenters. The van der Waals surface area contributed by atoms with Crippen molar-refractivity contribution in [2.45, 2.75) is 32.6 Å². The number of sulfonamides is 1. The lowest BCUT2D eigenvalue weighted by Crippen LogP contribution is -2.46. The number of carbonyl (C=O) groups is 1. The minimum atomic E-state index is -3.26. The summed E-state index contributed by atoms with van der Waals surface area (Å²) in [4.78, 5) is 12.3. The zero-order chi connectivity index (χ0) is 18.4. The molecule has 140 valence electrons. The molecule has 8 heteroatoms. The highest BCUT2D eigenvalue weighted by Gasteiger charge is 2.31. The van der Waals surface area contributed by atoms with Gasteiger partial charge in [0, 0.05) is 19.6 Å². The number of nitrogens with zero attached hydrogens (tertiary/aromatic N) is 1. The van der Waals surface area contributed by atoms with E-state index in [0.29, 0.717) is 43.2 Å². The summed E-state index contributed by atoms with van der Waals surface area (Å²) in [6.45, 7) is 3.03. The minimum Gasteiger partial charge on any atom is -0.355 e. The van der Waals surface area contributed by atoms with Crippen LogP contribution in [0.25, 0.3) is 0 Å². The van der Waals surface area contributed by atoms with Crippen molar-refractivity contribution in [1.29, 1.82) is 0 Å². The number of piperidine rings is 1. The molecule has 1 aliphatic heterocycles. The molecule has 1 heterocycles. The second-order valence-electron chi connectivity index (χ2n) is 6.30. The Morgan fingerprint density at radius 1 is 1.44 bits per heavy atom. The van der Waals surface area contributed by atoms with Gasteiger partial charge >= 0.3 is 0 Å². The molecule has 5 nitrogen and oxygen atoms in total. The third-order valence-corrected chi connectivity index (χ3v) is 6.96. The Balaban J connectivity index is 1.84. The Morgan fingerprint density at radius 3 is 2.88 bits per heavy atom. The van der Waals surface area contributed by atoms with E-state index in [2.05, 4.69) is 21.2 Å². The quantitative estimate of drug-likeness (QED) is 0.717. The van der Waals surface area contributed by atoms with Crippen LogP contribution in [-0.4, -0.2) is 44.0 Å². The molecule has 1 N–H and O–H groups in total. The maximum absolute atomic E-state index is 13.2. The van der Waals surface area contributed by atoms with Gasteiger partial charge < -0.3 is 5.32 Å². The van der Waals surface area contributed by atoms with Gasteiger partial charge in [-0.05, 0) is 59.3 Å². The average Bonchev–Trinajstić information content (AvgIpc) is 2.58. The molecule has 1 unspecified atom stereocenters. The van der Waals surface area contributed by atoms with Gasteiger partial charge in [-0.2, -0.15) is 0 Å². The van der Waals surface area contributed by atoms with Gasteiger partial charge in [0.1, 0.15) is 5.82 Å². The second kappa shape index (κ2) is 9.09. The van der Waals surface area contributed by atoms with E-state index in [-0.39, 0.29) is 29.9 Å². The highest BCUT2D eigenvalue weighted by Crippen LogP contribution is 2.20. The summed E-state index contributed by atoms with van der Waals surface area (Å²) in [5, 5.41) is 2.87. The summed E-state index contributed by atoms with van der Waals surface area (Å²) >= 11 is 3.14. The highest BCUT2D eigenvalue weighted by molar-refractivity contribution is 9.10. The van der Waals surface area contributed by atoms with E-state index >= 15 is 0 Å². The van der Waals surface area contributed by atoms with Gasteiger partial charge in [-0.15, -0.1) is 0 Å². The van der Waals surface area contributed by atoms with Gasteiger partial charge in [0.2, 0.25) is 15.9 Å². The minimum absolute atomic E-state index is 0.113. The van der Waals surface area contributed by atoms with Crippen LogP contribution in [0, 0.1) is 11.7 Å². The monoisotopic (exact) mass is 434 g/mol. The first-order valence-electron chi connectivity index (χ1n) is 8.53. The highest BCUT2D eigenvalue weighted by atomic mass is 79.9. The summed E-state index contributed by atoms with van der Waals surface area (Å²) in [7, 11) is -3.26. The fourth-order valence-electron chi connectivity index (χ4n) is 2.97. The Morgan fingerprint density at radius 2 is 2.20 bits per heavy atom. The Bertz CT molecular complexity index is 712. The van der Waals surface area contributed by atoms with E-state index in [1.165, 1.54) is 10.4 Å². The van der Waals surface area contributed by atoms with Crippen molar-refractivity contribution in [1.82, 2.24) is 9.62 Å². The molecule has 1 fully saturated rings. The van der Waals surface area contributed by atoms with E-state index < -0.39 is 10.0 Å². The lowest BCUT2D eigenvalue weighted by Gasteiger charge is -2.31. The van der Waals surface area contributed by atoms with Gasteiger partial charge in [0.15, 0.2) is 0 Å². The molecule has 1 aromatic carbocycles. The molecular formula is C17H24BrFN2O3S. The van der Waals surface area contributed by atoms with Crippen molar-refractivity contribution >= 4 is 31.9 Å². The normalized spacial score (nSPS) is 18.9. The lowest BCUT2D eigenvalue weighted by molar-refractivity contribution is -0.126. The molecule has 1 amide bonds. The van der Waals surface area contributed by atoms with Gasteiger partial charge in [-0.3, -0.25) is 4.79 Å². The van der Waals surface area contributed by atoms with Gasteiger partial charge in [0.25, 0.3) is 0 Å². The van der Waals surface area contributed by atoms with Crippen LogP contribution in [-0.2, 0) is 21.2 Å². The van der Waals surface area contributed by atoms with Crippen LogP contribution in [0.3, 0.4) is 0 Å². The summed E-state index contributed by atoms with van der Waals surface area (Å²) in [5.41, 5.74) is 0.921. The van der Waals surface area contributed by atoms with Crippen LogP contribution in [0.2, 0.25) is 0 Å². The number of nitrogens with one attached hydrogen (secondary N) is 1. The second-order valence-corrected chi connectivity index (χ2v) is 9.25. The van der Waals surface area contributed by atoms with Crippen LogP contribution < -0.4 is 5.32 Å². The maximum atomic E-state index is 13.2. The molecule has 1 saturated heterocycles. The third kappa shape index (κ3) is 5.76. The van der Waals surface area contributed by atoms with Crippen molar-refractivity contribution in [3.8, 4) is 0 Å². The molecular weight excluding hydrogens is 411 g/mol. The lowest BCUT2D eigenvalue weighted by atomic mass is 9.99. The van der Waals surface area contributed by atoms with Crippen molar-refractivity contribution in [2.24, 2.45) is 5.92 Å². The summed E-state index contributed by atoms with van der Waals surface area (Å²) in [5.74, 6) is -0.609. The van der Waals surface area contributed by atoms with Crippen molar-refractivity contribution in [3.63, 3.8) is 0 Å². The summed E-state index contributed by atoms with van der Waals surface area (Å²) in [6.07, 6.45) is 2.57. The largest absolute Gasteiger partial charge is 0.355 e. The topological polar surface area (TPSA) is 66.5 Å². The SMILES string of the molecule is CCCS(=O)(=O)N1CCCC(C(=O)NCCc2ccc(F)c(Br)c2)C1. The zero-order valence-electron chi connectivity index (χ0n) is 14.3. The Kier molecular flexibility index (Phi) is 7.39. The maximum Gasteiger partial charge on any atom is 0.224 e. The predicted molar refractivity (Wildman–Crippen MR) is 99.2 cm³/mol. The van der Waals surface area contributed by atoms with Gasteiger partial charge in [-0.1, -0.05) is 13.0 Å². The molecule has 0 radical (unpaired) electrons. The van der Waals surface area contributed by atoms with Crippen molar-refractivity contribution in [3.05, 3.63) is 34.1 Å². The average molecular weight is 435 g/mol. The van der Waals surface area contributed by atoms with Crippen LogP contribution in [0.1, 0.15) is 31.7 Å². The van der Waals surface area contributed by atoms with E-state index in [1.807, 2.05) is 6.92 Å². The van der Waals surface area contributed by atoms with Crippen LogP contribution in [0.15, 0.2) is 22.7 Å². The molecule has 0 spiro atoms. The first-order valence-corrected chi connectivity index (χ1v) is 10.9.